The molecule has 23 heavy (non-hydrogen) atoms. The van der Waals surface area contributed by atoms with E-state index >= 15 is 0 Å². The molecule has 110 valence electrons. The third-order valence-electron chi connectivity index (χ3n) is 4.31. The first-order valence-corrected chi connectivity index (χ1v) is 8.32. The van der Waals surface area contributed by atoms with Crippen LogP contribution in [0.15, 0.2) is 54.7 Å². The summed E-state index contributed by atoms with van der Waals surface area (Å²) in [5.74, 6) is 0. The third-order valence-corrected chi connectivity index (χ3v) is 5.49. The Balaban J connectivity index is 2.20. The highest BCUT2D eigenvalue weighted by molar-refractivity contribution is 7.26. The highest BCUT2D eigenvalue weighted by Crippen LogP contribution is 2.41. The largest absolute Gasteiger partial charge is 0.213 e. The van der Waals surface area contributed by atoms with Crippen LogP contribution in [0.4, 0.5) is 0 Å². The molecule has 0 aliphatic heterocycles. The van der Waals surface area contributed by atoms with Gasteiger partial charge < -0.3 is 0 Å². The molecule has 0 aliphatic rings. The highest BCUT2D eigenvalue weighted by Gasteiger charge is 2.19. The number of pyridine rings is 1. The Morgan fingerprint density at radius 3 is 2.70 bits per heavy atom. The van der Waals surface area contributed by atoms with Crippen molar-refractivity contribution in [3.8, 4) is 17.3 Å². The number of nitrogens with zero attached hydrogens (tertiary/aromatic N) is 2. The van der Waals surface area contributed by atoms with Crippen molar-refractivity contribution in [3.05, 3.63) is 65.9 Å². The summed E-state index contributed by atoms with van der Waals surface area (Å²) in [6.07, 6.45) is 2.07. The molecule has 2 aromatic heterocycles. The molecule has 0 spiro atoms. The van der Waals surface area contributed by atoms with Crippen molar-refractivity contribution in [2.24, 2.45) is 7.05 Å². The Morgan fingerprint density at radius 2 is 1.91 bits per heavy atom. The van der Waals surface area contributed by atoms with Gasteiger partial charge in [-0.1, -0.05) is 18.2 Å². The van der Waals surface area contributed by atoms with Gasteiger partial charge in [0.15, 0.2) is 6.20 Å². The van der Waals surface area contributed by atoms with E-state index < -0.39 is 0 Å². The van der Waals surface area contributed by atoms with E-state index in [9.17, 15) is 5.26 Å². The summed E-state index contributed by atoms with van der Waals surface area (Å²) < 4.78 is 4.58. The van der Waals surface area contributed by atoms with E-state index in [0.717, 1.165) is 10.9 Å². The van der Waals surface area contributed by atoms with Gasteiger partial charge in [-0.25, -0.2) is 4.57 Å². The lowest BCUT2D eigenvalue weighted by atomic mass is 9.99. The van der Waals surface area contributed by atoms with Crippen LogP contribution >= 0.6 is 11.3 Å². The zero-order valence-electron chi connectivity index (χ0n) is 13.0. The number of thiophene rings is 1. The monoisotopic (exact) mass is 315 g/mol. The van der Waals surface area contributed by atoms with Crippen LogP contribution in [0, 0.1) is 18.3 Å². The number of aromatic nitrogens is 1. The van der Waals surface area contributed by atoms with E-state index in [1.54, 1.807) is 11.3 Å². The second-order valence-corrected chi connectivity index (χ2v) is 6.78. The van der Waals surface area contributed by atoms with Crippen molar-refractivity contribution in [1.29, 1.82) is 5.26 Å². The van der Waals surface area contributed by atoms with Gasteiger partial charge in [0, 0.05) is 32.3 Å². The lowest BCUT2D eigenvalue weighted by molar-refractivity contribution is -0.660. The summed E-state index contributed by atoms with van der Waals surface area (Å²) in [5, 5.41) is 11.7. The molecule has 0 fully saturated rings. The molecule has 3 heteroatoms. The quantitative estimate of drug-likeness (QED) is 0.467. The van der Waals surface area contributed by atoms with Crippen molar-refractivity contribution in [1.82, 2.24) is 0 Å². The SMILES string of the molecule is Cc1ccc2c(sc3cccc(C#N)c32)c1-c1cccc[n+]1C. The first-order valence-electron chi connectivity index (χ1n) is 7.50. The van der Waals surface area contributed by atoms with Crippen molar-refractivity contribution >= 4 is 31.5 Å². The Kier molecular flexibility index (Phi) is 3.14. The van der Waals surface area contributed by atoms with E-state index in [1.165, 1.54) is 31.6 Å². The predicted molar refractivity (Wildman–Crippen MR) is 95.4 cm³/mol. The second-order valence-electron chi connectivity index (χ2n) is 5.72. The van der Waals surface area contributed by atoms with Gasteiger partial charge >= 0.3 is 0 Å². The standard InChI is InChI=1S/C20H15N2S/c1-13-9-10-15-19-14(12-21)6-5-8-17(19)23-20(15)18(13)16-7-3-4-11-22(16)2/h3-11H,1-2H3/q+1. The molecule has 0 saturated heterocycles. The summed E-state index contributed by atoms with van der Waals surface area (Å²) >= 11 is 1.77. The van der Waals surface area contributed by atoms with Crippen LogP contribution in [-0.4, -0.2) is 0 Å². The Bertz CT molecular complexity index is 1100. The van der Waals surface area contributed by atoms with Crippen molar-refractivity contribution in [2.45, 2.75) is 6.92 Å². The fraction of sp³-hybridized carbons (Fsp3) is 0.100. The van der Waals surface area contributed by atoms with Gasteiger partial charge in [-0.2, -0.15) is 5.26 Å². The smallest absolute Gasteiger partial charge is 0.201 e. The van der Waals surface area contributed by atoms with Crippen LogP contribution in [0.3, 0.4) is 0 Å². The minimum absolute atomic E-state index is 0.751. The number of fused-ring (bicyclic) bond motifs is 3. The molecule has 0 N–H and O–H groups in total. The van der Waals surface area contributed by atoms with Crippen LogP contribution < -0.4 is 4.57 Å². The van der Waals surface area contributed by atoms with Gasteiger partial charge in [-0.3, -0.25) is 0 Å². The van der Waals surface area contributed by atoms with Gasteiger partial charge in [0.1, 0.15) is 7.05 Å². The maximum absolute atomic E-state index is 9.45. The number of nitriles is 1. The zero-order chi connectivity index (χ0) is 16.0. The summed E-state index contributed by atoms with van der Waals surface area (Å²) in [6.45, 7) is 2.15. The normalized spacial score (nSPS) is 11.0. The number of hydrogen-bond acceptors (Lipinski definition) is 2. The molecule has 0 radical (unpaired) electrons. The average Bonchev–Trinajstić information content (AvgIpc) is 2.94. The number of hydrogen-bond donors (Lipinski definition) is 0. The molecule has 0 saturated carbocycles. The van der Waals surface area contributed by atoms with Crippen LogP contribution in [0.1, 0.15) is 11.1 Å². The lowest BCUT2D eigenvalue weighted by Gasteiger charge is -2.06. The van der Waals surface area contributed by atoms with Gasteiger partial charge in [-0.15, -0.1) is 11.3 Å². The van der Waals surface area contributed by atoms with E-state index in [4.69, 9.17) is 0 Å². The molecule has 2 nitrogen and oxygen atoms in total. The number of aryl methyl sites for hydroxylation is 2. The fourth-order valence-electron chi connectivity index (χ4n) is 3.18. The number of rotatable bonds is 1. The highest BCUT2D eigenvalue weighted by atomic mass is 32.1. The Morgan fingerprint density at radius 1 is 1.04 bits per heavy atom. The minimum Gasteiger partial charge on any atom is -0.201 e. The zero-order valence-corrected chi connectivity index (χ0v) is 13.8. The molecule has 0 amide bonds. The van der Waals surface area contributed by atoms with Gasteiger partial charge in [0.25, 0.3) is 0 Å². The van der Waals surface area contributed by atoms with E-state index in [-0.39, 0.29) is 0 Å². The summed E-state index contributed by atoms with van der Waals surface area (Å²) in [5.41, 5.74) is 4.46. The molecule has 2 heterocycles. The third kappa shape index (κ3) is 2.03. The van der Waals surface area contributed by atoms with Crippen molar-refractivity contribution in [3.63, 3.8) is 0 Å². The summed E-state index contributed by atoms with van der Waals surface area (Å²) in [7, 11) is 2.07. The van der Waals surface area contributed by atoms with Crippen LogP contribution in [-0.2, 0) is 7.05 Å². The van der Waals surface area contributed by atoms with Crippen LogP contribution in [0.5, 0.6) is 0 Å². The van der Waals surface area contributed by atoms with Crippen LogP contribution in [0.2, 0.25) is 0 Å². The van der Waals surface area contributed by atoms with E-state index in [0.29, 0.717) is 0 Å². The maximum Gasteiger partial charge on any atom is 0.213 e. The molecule has 0 bridgehead atoms. The average molecular weight is 315 g/mol. The fourth-order valence-corrected chi connectivity index (χ4v) is 4.52. The van der Waals surface area contributed by atoms with Gasteiger partial charge in [0.05, 0.1) is 17.2 Å². The first-order chi connectivity index (χ1) is 11.2. The van der Waals surface area contributed by atoms with Crippen molar-refractivity contribution in [2.75, 3.05) is 0 Å². The molecular weight excluding hydrogens is 300 g/mol. The minimum atomic E-state index is 0.751. The molecule has 0 unspecified atom stereocenters. The molecule has 4 rings (SSSR count). The van der Waals surface area contributed by atoms with Gasteiger partial charge in [0.2, 0.25) is 5.69 Å². The maximum atomic E-state index is 9.45. The molecule has 4 aromatic rings. The molecule has 0 atom stereocenters. The lowest BCUT2D eigenvalue weighted by Crippen LogP contribution is -2.30. The summed E-state index contributed by atoms with van der Waals surface area (Å²) in [4.78, 5) is 0. The molecule has 2 aromatic carbocycles. The van der Waals surface area contributed by atoms with E-state index in [2.05, 4.69) is 61.1 Å². The van der Waals surface area contributed by atoms with Gasteiger partial charge in [-0.05, 0) is 30.7 Å². The molecule has 0 aliphatic carbocycles. The second kappa shape index (κ2) is 5.19. The predicted octanol–water partition coefficient (Wildman–Crippen LogP) is 4.73. The molecular formula is C20H15N2S+. The van der Waals surface area contributed by atoms with Crippen LogP contribution in [0.25, 0.3) is 31.4 Å². The number of benzene rings is 2. The Labute approximate surface area is 138 Å². The summed E-state index contributed by atoms with van der Waals surface area (Å²) in [6, 6.07) is 18.9. The topological polar surface area (TPSA) is 27.7 Å². The van der Waals surface area contributed by atoms with Crippen molar-refractivity contribution < 1.29 is 4.57 Å². The Hall–Kier alpha value is -2.70. The van der Waals surface area contributed by atoms with E-state index in [1.807, 2.05) is 18.2 Å². The first kappa shape index (κ1) is 13.9.